The third-order valence-corrected chi connectivity index (χ3v) is 3.55. The molecule has 0 saturated heterocycles. The highest BCUT2D eigenvalue weighted by molar-refractivity contribution is 5.91. The smallest absolute Gasteiger partial charge is 0.230 e. The molecule has 0 aromatic carbocycles. The van der Waals surface area contributed by atoms with Crippen LogP contribution in [0.1, 0.15) is 23.9 Å². The Kier molecular flexibility index (Phi) is 4.17. The van der Waals surface area contributed by atoms with Crippen LogP contribution < -0.4 is 5.32 Å². The van der Waals surface area contributed by atoms with Gasteiger partial charge in [-0.2, -0.15) is 5.10 Å². The zero-order chi connectivity index (χ0) is 14.7. The van der Waals surface area contributed by atoms with E-state index in [0.29, 0.717) is 12.4 Å². The maximum atomic E-state index is 12.1. The van der Waals surface area contributed by atoms with Crippen molar-refractivity contribution in [3.8, 4) is 0 Å². The van der Waals surface area contributed by atoms with Crippen molar-refractivity contribution >= 4 is 11.7 Å². The Bertz CT molecular complexity index is 604. The SMILES string of the molecule is Cc1nn(C[C@H](C)C(=O)Nc2ccccn2)c(C)c1C. The summed E-state index contributed by atoms with van der Waals surface area (Å²) in [6.07, 6.45) is 1.66. The predicted molar refractivity (Wildman–Crippen MR) is 78.5 cm³/mol. The van der Waals surface area contributed by atoms with Gasteiger partial charge in [0.05, 0.1) is 18.2 Å². The second kappa shape index (κ2) is 5.86. The van der Waals surface area contributed by atoms with Gasteiger partial charge >= 0.3 is 0 Å². The Morgan fingerprint density at radius 3 is 2.65 bits per heavy atom. The fourth-order valence-electron chi connectivity index (χ4n) is 1.99. The summed E-state index contributed by atoms with van der Waals surface area (Å²) in [5.41, 5.74) is 3.31. The van der Waals surface area contributed by atoms with Crippen LogP contribution in [0.4, 0.5) is 5.82 Å². The van der Waals surface area contributed by atoms with Crippen LogP contribution in [0.3, 0.4) is 0 Å². The fraction of sp³-hybridized carbons (Fsp3) is 0.400. The third-order valence-electron chi connectivity index (χ3n) is 3.55. The molecule has 5 heteroatoms. The Hall–Kier alpha value is -2.17. The number of pyridine rings is 1. The quantitative estimate of drug-likeness (QED) is 0.930. The highest BCUT2D eigenvalue weighted by Gasteiger charge is 2.17. The lowest BCUT2D eigenvalue weighted by Gasteiger charge is -2.13. The number of aryl methyl sites for hydroxylation is 1. The second-order valence-corrected chi connectivity index (χ2v) is 5.08. The molecule has 0 aliphatic heterocycles. The summed E-state index contributed by atoms with van der Waals surface area (Å²) in [6.45, 7) is 8.52. The van der Waals surface area contributed by atoms with Crippen molar-refractivity contribution in [2.24, 2.45) is 5.92 Å². The zero-order valence-corrected chi connectivity index (χ0v) is 12.3. The normalized spacial score (nSPS) is 12.2. The summed E-state index contributed by atoms with van der Waals surface area (Å²) < 4.78 is 1.90. The maximum Gasteiger partial charge on any atom is 0.230 e. The third kappa shape index (κ3) is 3.04. The van der Waals surface area contributed by atoms with Crippen molar-refractivity contribution in [3.05, 3.63) is 41.3 Å². The molecule has 2 rings (SSSR count). The number of nitrogens with one attached hydrogen (secondary N) is 1. The number of carbonyl (C=O) groups excluding carboxylic acids is 1. The summed E-state index contributed by atoms with van der Waals surface area (Å²) >= 11 is 0. The molecule has 2 aromatic heterocycles. The van der Waals surface area contributed by atoms with E-state index in [1.807, 2.05) is 44.5 Å². The molecule has 20 heavy (non-hydrogen) atoms. The summed E-state index contributed by atoms with van der Waals surface area (Å²) in [5.74, 6) is 0.359. The van der Waals surface area contributed by atoms with E-state index in [2.05, 4.69) is 15.4 Å². The summed E-state index contributed by atoms with van der Waals surface area (Å²) in [5, 5.41) is 7.27. The van der Waals surface area contributed by atoms with Gasteiger partial charge in [0.15, 0.2) is 0 Å². The molecule has 0 aliphatic rings. The standard InChI is InChI=1S/C15H20N4O/c1-10(9-19-13(4)11(2)12(3)18-19)15(20)17-14-7-5-6-8-16-14/h5-8,10H,9H2,1-4H3,(H,16,17,20)/t10-/m0/s1. The van der Waals surface area contributed by atoms with Gasteiger partial charge in [-0.05, 0) is 38.5 Å². The number of hydrogen-bond donors (Lipinski definition) is 1. The number of anilines is 1. The summed E-state index contributed by atoms with van der Waals surface area (Å²) in [4.78, 5) is 16.2. The van der Waals surface area contributed by atoms with Crippen molar-refractivity contribution in [2.45, 2.75) is 34.2 Å². The van der Waals surface area contributed by atoms with Gasteiger partial charge in [-0.25, -0.2) is 4.98 Å². The molecule has 0 spiro atoms. The average Bonchev–Trinajstić information content (AvgIpc) is 2.67. The van der Waals surface area contributed by atoms with Crippen LogP contribution in [-0.2, 0) is 11.3 Å². The molecule has 2 aromatic rings. The molecule has 0 bridgehead atoms. The van der Waals surface area contributed by atoms with Crippen LogP contribution >= 0.6 is 0 Å². The lowest BCUT2D eigenvalue weighted by molar-refractivity contribution is -0.119. The number of rotatable bonds is 4. The van der Waals surface area contributed by atoms with Gasteiger partial charge in [0.25, 0.3) is 0 Å². The van der Waals surface area contributed by atoms with Crippen molar-refractivity contribution in [3.63, 3.8) is 0 Å². The lowest BCUT2D eigenvalue weighted by atomic mass is 10.1. The predicted octanol–water partition coefficient (Wildman–Crippen LogP) is 2.48. The van der Waals surface area contributed by atoms with Crippen LogP contribution in [0.15, 0.2) is 24.4 Å². The second-order valence-electron chi connectivity index (χ2n) is 5.08. The van der Waals surface area contributed by atoms with Gasteiger partial charge in [-0.1, -0.05) is 13.0 Å². The number of carbonyl (C=O) groups is 1. The minimum Gasteiger partial charge on any atom is -0.310 e. The van der Waals surface area contributed by atoms with E-state index in [0.717, 1.165) is 11.4 Å². The van der Waals surface area contributed by atoms with Gasteiger partial charge in [-0.3, -0.25) is 9.48 Å². The number of hydrogen-bond acceptors (Lipinski definition) is 3. The fourth-order valence-corrected chi connectivity index (χ4v) is 1.99. The van der Waals surface area contributed by atoms with E-state index in [1.54, 1.807) is 12.3 Å². The van der Waals surface area contributed by atoms with Crippen LogP contribution in [0.2, 0.25) is 0 Å². The van der Waals surface area contributed by atoms with Gasteiger partial charge in [0.1, 0.15) is 5.82 Å². The van der Waals surface area contributed by atoms with E-state index in [-0.39, 0.29) is 11.8 Å². The molecule has 1 atom stereocenters. The zero-order valence-electron chi connectivity index (χ0n) is 12.3. The van der Waals surface area contributed by atoms with Gasteiger partial charge in [-0.15, -0.1) is 0 Å². The number of amides is 1. The monoisotopic (exact) mass is 272 g/mol. The topological polar surface area (TPSA) is 59.8 Å². The molecule has 106 valence electrons. The first kappa shape index (κ1) is 14.2. The molecule has 5 nitrogen and oxygen atoms in total. The maximum absolute atomic E-state index is 12.1. The van der Waals surface area contributed by atoms with E-state index >= 15 is 0 Å². The van der Waals surface area contributed by atoms with Crippen LogP contribution in [0.25, 0.3) is 0 Å². The Morgan fingerprint density at radius 1 is 1.35 bits per heavy atom. The van der Waals surface area contributed by atoms with E-state index in [1.165, 1.54) is 5.56 Å². The van der Waals surface area contributed by atoms with Gasteiger partial charge in [0, 0.05) is 11.9 Å². The van der Waals surface area contributed by atoms with Crippen molar-refractivity contribution in [1.29, 1.82) is 0 Å². The van der Waals surface area contributed by atoms with Crippen LogP contribution in [0, 0.1) is 26.7 Å². The van der Waals surface area contributed by atoms with Crippen molar-refractivity contribution < 1.29 is 4.79 Å². The molecule has 1 amide bonds. The minimum atomic E-state index is -0.172. The average molecular weight is 272 g/mol. The molecule has 2 heterocycles. The van der Waals surface area contributed by atoms with Gasteiger partial charge in [0.2, 0.25) is 5.91 Å². The van der Waals surface area contributed by atoms with Crippen molar-refractivity contribution in [2.75, 3.05) is 5.32 Å². The number of nitrogens with zero attached hydrogens (tertiary/aromatic N) is 3. The van der Waals surface area contributed by atoms with Crippen LogP contribution in [-0.4, -0.2) is 20.7 Å². The Morgan fingerprint density at radius 2 is 2.10 bits per heavy atom. The molecular weight excluding hydrogens is 252 g/mol. The van der Waals surface area contributed by atoms with E-state index in [4.69, 9.17) is 0 Å². The molecule has 0 radical (unpaired) electrons. The highest BCUT2D eigenvalue weighted by atomic mass is 16.1. The number of aromatic nitrogens is 3. The van der Waals surface area contributed by atoms with Gasteiger partial charge < -0.3 is 5.32 Å². The molecule has 0 saturated carbocycles. The van der Waals surface area contributed by atoms with Crippen LogP contribution in [0.5, 0.6) is 0 Å². The highest BCUT2D eigenvalue weighted by Crippen LogP contribution is 2.13. The molecule has 0 unspecified atom stereocenters. The molecular formula is C15H20N4O. The largest absolute Gasteiger partial charge is 0.310 e. The Balaban J connectivity index is 2.02. The molecule has 1 N–H and O–H groups in total. The first-order valence-corrected chi connectivity index (χ1v) is 6.71. The van der Waals surface area contributed by atoms with E-state index < -0.39 is 0 Å². The van der Waals surface area contributed by atoms with E-state index in [9.17, 15) is 4.79 Å². The summed E-state index contributed by atoms with van der Waals surface area (Å²) in [6, 6.07) is 5.44. The minimum absolute atomic E-state index is 0.0473. The first-order valence-electron chi connectivity index (χ1n) is 6.71. The molecule has 0 fully saturated rings. The Labute approximate surface area is 119 Å². The summed E-state index contributed by atoms with van der Waals surface area (Å²) in [7, 11) is 0. The van der Waals surface area contributed by atoms with Crippen molar-refractivity contribution in [1.82, 2.24) is 14.8 Å². The lowest BCUT2D eigenvalue weighted by Crippen LogP contribution is -2.25. The first-order chi connectivity index (χ1) is 9.49. The molecule has 0 aliphatic carbocycles.